The molecule has 0 nitrogen and oxygen atoms in total. The Bertz CT molecular complexity index is 1620. The Hall–Kier alpha value is -1.99. The molecule has 0 N–H and O–H groups in total. The molecule has 1 heteroatoms. The number of hydrogen-bond donors (Lipinski definition) is 0. The lowest BCUT2D eigenvalue weighted by molar-refractivity contribution is 0.616. The minimum atomic E-state index is -0.192. The van der Waals surface area contributed by atoms with Crippen molar-refractivity contribution >= 4 is 10.9 Å². The third kappa shape index (κ3) is 31.6. The summed E-state index contributed by atoms with van der Waals surface area (Å²) in [7, 11) is -0.192. The molecule has 470 valence electrons. The van der Waals surface area contributed by atoms with Crippen LogP contribution >= 0.6 is 0 Å². The molecule has 0 spiro atoms. The van der Waals surface area contributed by atoms with Crippen molar-refractivity contribution in [2.45, 2.75) is 424 Å². The smallest absolute Gasteiger partial charge is 0.0654 e. The van der Waals surface area contributed by atoms with Crippen molar-refractivity contribution in [2.75, 3.05) is 0 Å². The van der Waals surface area contributed by atoms with E-state index in [1.165, 1.54) is 347 Å². The maximum absolute atomic E-state index is 2.88. The van der Waals surface area contributed by atoms with Crippen molar-refractivity contribution in [3.63, 3.8) is 0 Å². The predicted octanol–water partition coefficient (Wildman–Crippen LogP) is 27.4. The van der Waals surface area contributed by atoms with Gasteiger partial charge in [-0.25, -0.2) is 0 Å². The highest BCUT2D eigenvalue weighted by molar-refractivity contribution is 7.97. The minimum Gasteiger partial charge on any atom is -0.0654 e. The first-order valence-electron chi connectivity index (χ1n) is 37.6. The van der Waals surface area contributed by atoms with Crippen LogP contribution in [-0.2, 0) is 68.7 Å². The summed E-state index contributed by atoms with van der Waals surface area (Å²) >= 11 is 0. The van der Waals surface area contributed by atoms with Crippen LogP contribution in [0.4, 0.5) is 0 Å². The van der Waals surface area contributed by atoms with Crippen LogP contribution in [0.5, 0.6) is 0 Å². The van der Waals surface area contributed by atoms with E-state index in [4.69, 9.17) is 0 Å². The second-order valence-corrected chi connectivity index (χ2v) is 28.4. The Labute approximate surface area is 518 Å². The number of hydrogen-bond acceptors (Lipinski definition) is 0. The average Bonchev–Trinajstić information content (AvgIpc) is 1.87. The van der Waals surface area contributed by atoms with Gasteiger partial charge < -0.3 is 0 Å². The molecular formula is C81H141S+. The summed E-state index contributed by atoms with van der Waals surface area (Å²) in [4.78, 5) is 5.54. The predicted molar refractivity (Wildman–Crippen MR) is 374 cm³/mol. The summed E-state index contributed by atoms with van der Waals surface area (Å²) in [5.74, 6) is 0. The second kappa shape index (κ2) is 51.1. The van der Waals surface area contributed by atoms with Gasteiger partial charge >= 0.3 is 0 Å². The monoisotopic (exact) mass is 1150 g/mol. The van der Waals surface area contributed by atoms with Crippen LogP contribution in [0.1, 0.15) is 401 Å². The van der Waals surface area contributed by atoms with E-state index in [2.05, 4.69) is 98.7 Å². The van der Waals surface area contributed by atoms with Gasteiger partial charge in [-0.05, 0) is 132 Å². The summed E-state index contributed by atoms with van der Waals surface area (Å²) in [6.07, 6.45) is 72.3. The third-order valence-electron chi connectivity index (χ3n) is 18.5. The van der Waals surface area contributed by atoms with Crippen LogP contribution in [0.25, 0.3) is 0 Å². The quantitative estimate of drug-likeness (QED) is 0.0390. The molecule has 3 rings (SSSR count). The average molecular weight is 1150 g/mol. The first kappa shape index (κ1) is 74.3. The molecule has 0 aliphatic carbocycles. The molecule has 0 aliphatic heterocycles. The van der Waals surface area contributed by atoms with Gasteiger partial charge in [-0.2, -0.15) is 0 Å². The normalized spacial score (nSPS) is 11.8. The first-order chi connectivity index (χ1) is 40.4. The Kier molecular flexibility index (Phi) is 46.3. The Balaban J connectivity index is 2.73. The number of aryl methyl sites for hydroxylation is 9. The van der Waals surface area contributed by atoms with Crippen LogP contribution in [0.2, 0.25) is 0 Å². The van der Waals surface area contributed by atoms with Gasteiger partial charge in [-0.15, -0.1) is 0 Å². The fourth-order valence-electron chi connectivity index (χ4n) is 13.4. The van der Waals surface area contributed by atoms with E-state index in [1.807, 2.05) is 14.7 Å². The van der Waals surface area contributed by atoms with Crippen molar-refractivity contribution in [2.24, 2.45) is 0 Å². The zero-order chi connectivity index (χ0) is 58.9. The lowest BCUT2D eigenvalue weighted by Gasteiger charge is -2.26. The maximum Gasteiger partial charge on any atom is 0.172 e. The van der Waals surface area contributed by atoms with Crippen LogP contribution in [0, 0.1) is 0 Å². The highest BCUT2D eigenvalue weighted by Gasteiger charge is 2.41. The zero-order valence-corrected chi connectivity index (χ0v) is 57.9. The van der Waals surface area contributed by atoms with Crippen LogP contribution < -0.4 is 0 Å². The van der Waals surface area contributed by atoms with E-state index in [-0.39, 0.29) is 10.9 Å². The first-order valence-corrected chi connectivity index (χ1v) is 38.8. The van der Waals surface area contributed by atoms with E-state index >= 15 is 0 Å². The van der Waals surface area contributed by atoms with E-state index in [9.17, 15) is 0 Å². The molecule has 0 bridgehead atoms. The Morgan fingerprint density at radius 2 is 0.305 bits per heavy atom. The molecule has 0 radical (unpaired) electrons. The van der Waals surface area contributed by atoms with Gasteiger partial charge in [0.25, 0.3) is 0 Å². The molecule has 0 aliphatic rings. The van der Waals surface area contributed by atoms with E-state index < -0.39 is 0 Å². The number of unbranched alkanes of at least 4 members (excludes halogenated alkanes) is 36. The summed E-state index contributed by atoms with van der Waals surface area (Å²) in [6.45, 7) is 21.6. The molecule has 3 aromatic rings. The molecular weight excluding hydrogens is 1000 g/mol. The summed E-state index contributed by atoms with van der Waals surface area (Å²) in [5, 5.41) is 0. The zero-order valence-electron chi connectivity index (χ0n) is 57.1. The molecule has 0 heterocycles. The summed E-state index contributed by atoms with van der Waals surface area (Å²) in [6, 6.07) is 17.3. The van der Waals surface area contributed by atoms with E-state index in [1.54, 1.807) is 50.1 Å². The lowest BCUT2D eigenvalue weighted by Crippen LogP contribution is -2.20. The molecule has 0 saturated carbocycles. The second-order valence-electron chi connectivity index (χ2n) is 26.5. The van der Waals surface area contributed by atoms with Crippen molar-refractivity contribution in [1.29, 1.82) is 0 Å². The van der Waals surface area contributed by atoms with Gasteiger partial charge in [0, 0.05) is 33.4 Å². The topological polar surface area (TPSA) is 0 Å². The number of rotatable bonds is 57. The molecule has 0 unspecified atom stereocenters. The summed E-state index contributed by atoms with van der Waals surface area (Å²) < 4.78 is 0. The van der Waals surface area contributed by atoms with Gasteiger partial charge in [0.1, 0.15) is 10.9 Å². The van der Waals surface area contributed by atoms with Gasteiger partial charge in [0.05, 0.1) is 0 Å². The maximum atomic E-state index is 2.88. The molecule has 0 fully saturated rings. The molecule has 82 heavy (non-hydrogen) atoms. The fraction of sp³-hybridized carbons (Fsp3) is 0.778. The van der Waals surface area contributed by atoms with E-state index in [0.717, 1.165) is 0 Å². The van der Waals surface area contributed by atoms with Crippen LogP contribution in [-0.4, -0.2) is 0 Å². The minimum absolute atomic E-state index is 0.192. The molecule has 0 aromatic heterocycles. The largest absolute Gasteiger partial charge is 0.172 e. The van der Waals surface area contributed by atoms with Gasteiger partial charge in [-0.3, -0.25) is 0 Å². The van der Waals surface area contributed by atoms with Crippen molar-refractivity contribution < 1.29 is 0 Å². The summed E-state index contributed by atoms with van der Waals surface area (Å²) in [5.41, 5.74) is 15.7. The van der Waals surface area contributed by atoms with Crippen molar-refractivity contribution in [3.8, 4) is 0 Å². The third-order valence-corrected chi connectivity index (χ3v) is 21.3. The van der Waals surface area contributed by atoms with Crippen LogP contribution in [0.15, 0.2) is 51.1 Å². The standard InChI is InChI=1S/C81H141S/c1-10-19-28-37-46-55-70-64-73(58-49-40-31-22-13-4)79(74(65-70)59-50-41-32-23-14-5)82(80-75(60-51-42-33-24-15-6)66-71(56-47-38-29-20-11-2)67-76(80)61-52-43-34-25-16-7)81-77(62-53-44-35-26-17-8)68-72(57-48-39-30-21-12-3)69-78(81)63-54-45-36-27-18-9/h64-69H,10-63H2,1-9H3/q+1. The highest BCUT2D eigenvalue weighted by Crippen LogP contribution is 2.46. The highest BCUT2D eigenvalue weighted by atomic mass is 32.2. The van der Waals surface area contributed by atoms with Crippen molar-refractivity contribution in [3.05, 3.63) is 86.5 Å². The molecule has 0 saturated heterocycles. The Morgan fingerprint density at radius 3 is 0.451 bits per heavy atom. The van der Waals surface area contributed by atoms with Crippen LogP contribution in [0.3, 0.4) is 0 Å². The number of benzene rings is 3. The fourth-order valence-corrected chi connectivity index (χ4v) is 16.6. The van der Waals surface area contributed by atoms with E-state index in [0.29, 0.717) is 0 Å². The van der Waals surface area contributed by atoms with Crippen molar-refractivity contribution in [1.82, 2.24) is 0 Å². The Morgan fingerprint density at radius 1 is 0.171 bits per heavy atom. The molecule has 0 amide bonds. The molecule has 0 atom stereocenters. The SMILES string of the molecule is CCCCCCCc1cc(CCCCCCC)c([S+](c2c(CCCCCCC)cc(CCCCCCC)cc2CCCCCCC)c2c(CCCCCCC)cc(CCCCCCC)cc2CCCCCCC)c(CCCCCCC)c1. The van der Waals surface area contributed by atoms with Gasteiger partial charge in [0.2, 0.25) is 0 Å². The van der Waals surface area contributed by atoms with Gasteiger partial charge in [0.15, 0.2) is 14.7 Å². The molecule has 3 aromatic carbocycles. The van der Waals surface area contributed by atoms with Gasteiger partial charge in [-0.1, -0.05) is 330 Å². The lowest BCUT2D eigenvalue weighted by atomic mass is 9.94.